The third kappa shape index (κ3) is 2.00. The molecule has 17 heavy (non-hydrogen) atoms. The largest absolute Gasteiger partial charge is 0.361 e. The molecule has 1 unspecified atom stereocenters. The summed E-state index contributed by atoms with van der Waals surface area (Å²) in [6.07, 6.45) is 1.64. The van der Waals surface area contributed by atoms with Gasteiger partial charge in [-0.2, -0.15) is 0 Å². The summed E-state index contributed by atoms with van der Waals surface area (Å²) < 4.78 is 0. The number of nitrogens with one attached hydrogen (secondary N) is 1. The number of carbonyl (C=O) groups excluding carboxylic acids is 1. The van der Waals surface area contributed by atoms with Crippen LogP contribution in [0.1, 0.15) is 18.9 Å². The lowest BCUT2D eigenvalue weighted by atomic mass is 10.0. The van der Waals surface area contributed by atoms with Crippen molar-refractivity contribution in [3.05, 3.63) is 23.8 Å². The standard InChI is InChI=1S/C13H19N3O/c1-3-9-5-4-6-10-12(9)16(2)11(7-8-14)13(17)15-10/h4-6,11H,3,7-8,14H2,1-2H3,(H,15,17). The first-order valence-electron chi connectivity index (χ1n) is 6.04. The zero-order valence-corrected chi connectivity index (χ0v) is 10.4. The SMILES string of the molecule is CCc1cccc2c1N(C)C(CCN)C(=O)N2. The molecule has 0 saturated heterocycles. The molecule has 1 aromatic rings. The number of likely N-dealkylation sites (N-methyl/N-ethyl adjacent to an activating group) is 1. The minimum atomic E-state index is -0.153. The van der Waals surface area contributed by atoms with Crippen molar-refractivity contribution in [3.63, 3.8) is 0 Å². The summed E-state index contributed by atoms with van der Waals surface area (Å²) in [5.41, 5.74) is 8.86. The average Bonchev–Trinajstić information content (AvgIpc) is 2.33. The number of nitrogens with two attached hydrogens (primary N) is 1. The number of rotatable bonds is 3. The summed E-state index contributed by atoms with van der Waals surface area (Å²) in [6, 6.07) is 5.88. The fraction of sp³-hybridized carbons (Fsp3) is 0.462. The summed E-state index contributed by atoms with van der Waals surface area (Å²) in [5.74, 6) is 0.0405. The van der Waals surface area contributed by atoms with Gasteiger partial charge >= 0.3 is 0 Å². The fourth-order valence-corrected chi connectivity index (χ4v) is 2.42. The predicted octanol–water partition coefficient (Wildman–Crippen LogP) is 1.35. The van der Waals surface area contributed by atoms with Gasteiger partial charge in [-0.15, -0.1) is 0 Å². The molecule has 1 aliphatic heterocycles. The molecule has 1 heterocycles. The van der Waals surface area contributed by atoms with Crippen LogP contribution in [0.4, 0.5) is 11.4 Å². The van der Waals surface area contributed by atoms with Crippen LogP contribution in [-0.4, -0.2) is 25.5 Å². The molecule has 0 aliphatic carbocycles. The second-order valence-electron chi connectivity index (χ2n) is 4.36. The molecule has 3 N–H and O–H groups in total. The number of carbonyl (C=O) groups is 1. The highest BCUT2D eigenvalue weighted by Gasteiger charge is 2.30. The van der Waals surface area contributed by atoms with Crippen molar-refractivity contribution in [2.45, 2.75) is 25.8 Å². The van der Waals surface area contributed by atoms with Gasteiger partial charge in [0.25, 0.3) is 0 Å². The Labute approximate surface area is 102 Å². The quantitative estimate of drug-likeness (QED) is 0.828. The van der Waals surface area contributed by atoms with E-state index in [1.165, 1.54) is 5.56 Å². The second-order valence-corrected chi connectivity index (χ2v) is 4.36. The van der Waals surface area contributed by atoms with E-state index in [4.69, 9.17) is 5.73 Å². The summed E-state index contributed by atoms with van der Waals surface area (Å²) in [4.78, 5) is 14.0. The van der Waals surface area contributed by atoms with E-state index in [2.05, 4.69) is 23.2 Å². The van der Waals surface area contributed by atoms with Crippen LogP contribution in [0.3, 0.4) is 0 Å². The van der Waals surface area contributed by atoms with Crippen LogP contribution in [0.2, 0.25) is 0 Å². The molecule has 4 heteroatoms. The van der Waals surface area contributed by atoms with Crippen LogP contribution in [0, 0.1) is 0 Å². The summed E-state index contributed by atoms with van der Waals surface area (Å²) in [5, 5.41) is 2.96. The van der Waals surface area contributed by atoms with E-state index in [1.54, 1.807) is 0 Å². The van der Waals surface area contributed by atoms with Gasteiger partial charge < -0.3 is 16.0 Å². The average molecular weight is 233 g/mol. The van der Waals surface area contributed by atoms with Gasteiger partial charge in [0.2, 0.25) is 5.91 Å². The highest BCUT2D eigenvalue weighted by molar-refractivity contribution is 6.04. The highest BCUT2D eigenvalue weighted by Crippen LogP contribution is 2.35. The summed E-state index contributed by atoms with van der Waals surface area (Å²) in [6.45, 7) is 2.64. The number of aryl methyl sites for hydroxylation is 1. The molecule has 2 rings (SSSR count). The van der Waals surface area contributed by atoms with Gasteiger partial charge in [-0.25, -0.2) is 0 Å². The maximum atomic E-state index is 11.9. The molecule has 0 aromatic heterocycles. The maximum absolute atomic E-state index is 11.9. The van der Waals surface area contributed by atoms with Crippen molar-refractivity contribution in [3.8, 4) is 0 Å². The van der Waals surface area contributed by atoms with E-state index in [0.29, 0.717) is 13.0 Å². The first-order chi connectivity index (χ1) is 8.19. The second kappa shape index (κ2) is 4.75. The monoisotopic (exact) mass is 233 g/mol. The summed E-state index contributed by atoms with van der Waals surface area (Å²) >= 11 is 0. The van der Waals surface area contributed by atoms with Crippen LogP contribution in [0.15, 0.2) is 18.2 Å². The number of nitrogens with zero attached hydrogens (tertiary/aromatic N) is 1. The van der Waals surface area contributed by atoms with Gasteiger partial charge in [0.05, 0.1) is 11.4 Å². The molecular weight excluding hydrogens is 214 g/mol. The first kappa shape index (κ1) is 11.9. The molecule has 0 spiro atoms. The normalized spacial score (nSPS) is 18.9. The summed E-state index contributed by atoms with van der Waals surface area (Å²) in [7, 11) is 1.97. The minimum absolute atomic E-state index is 0.0405. The van der Waals surface area contributed by atoms with Crippen molar-refractivity contribution >= 4 is 17.3 Å². The highest BCUT2D eigenvalue weighted by atomic mass is 16.2. The van der Waals surface area contributed by atoms with Crippen molar-refractivity contribution < 1.29 is 4.79 Å². The Morgan fingerprint density at radius 1 is 1.47 bits per heavy atom. The Bertz CT molecular complexity index is 431. The molecule has 0 bridgehead atoms. The van der Waals surface area contributed by atoms with Gasteiger partial charge in [0.1, 0.15) is 6.04 Å². The molecule has 0 saturated carbocycles. The van der Waals surface area contributed by atoms with Crippen LogP contribution in [-0.2, 0) is 11.2 Å². The topological polar surface area (TPSA) is 58.4 Å². The smallest absolute Gasteiger partial charge is 0.247 e. The van der Waals surface area contributed by atoms with Crippen molar-refractivity contribution in [2.24, 2.45) is 5.73 Å². The Balaban J connectivity index is 2.44. The number of hydrogen-bond donors (Lipinski definition) is 2. The van der Waals surface area contributed by atoms with Gasteiger partial charge in [0, 0.05) is 7.05 Å². The Hall–Kier alpha value is -1.55. The number of fused-ring (bicyclic) bond motifs is 1. The maximum Gasteiger partial charge on any atom is 0.247 e. The van der Waals surface area contributed by atoms with Crippen LogP contribution >= 0.6 is 0 Å². The van der Waals surface area contributed by atoms with Crippen LogP contribution < -0.4 is 16.0 Å². The number of para-hydroxylation sites is 1. The molecule has 0 radical (unpaired) electrons. The van der Waals surface area contributed by atoms with E-state index in [-0.39, 0.29) is 11.9 Å². The predicted molar refractivity (Wildman–Crippen MR) is 70.3 cm³/mol. The van der Waals surface area contributed by atoms with Crippen molar-refractivity contribution in [2.75, 3.05) is 23.8 Å². The van der Waals surface area contributed by atoms with Gasteiger partial charge in [-0.1, -0.05) is 19.1 Å². The fourth-order valence-electron chi connectivity index (χ4n) is 2.42. The van der Waals surface area contributed by atoms with Crippen molar-refractivity contribution in [1.29, 1.82) is 0 Å². The number of amides is 1. The Kier molecular flexibility index (Phi) is 3.33. The Morgan fingerprint density at radius 2 is 2.24 bits per heavy atom. The van der Waals surface area contributed by atoms with E-state index in [9.17, 15) is 4.79 Å². The Morgan fingerprint density at radius 3 is 2.88 bits per heavy atom. The van der Waals surface area contributed by atoms with Gasteiger partial charge in [0.15, 0.2) is 0 Å². The van der Waals surface area contributed by atoms with E-state index < -0.39 is 0 Å². The van der Waals surface area contributed by atoms with E-state index in [1.807, 2.05) is 19.2 Å². The molecular formula is C13H19N3O. The van der Waals surface area contributed by atoms with Crippen LogP contribution in [0.25, 0.3) is 0 Å². The lowest BCUT2D eigenvalue weighted by Crippen LogP contribution is -2.47. The third-order valence-corrected chi connectivity index (χ3v) is 3.32. The lowest BCUT2D eigenvalue weighted by molar-refractivity contribution is -0.117. The van der Waals surface area contributed by atoms with Crippen molar-refractivity contribution in [1.82, 2.24) is 0 Å². The number of anilines is 2. The molecule has 1 aromatic carbocycles. The minimum Gasteiger partial charge on any atom is -0.361 e. The third-order valence-electron chi connectivity index (χ3n) is 3.32. The molecule has 1 atom stereocenters. The number of benzene rings is 1. The molecule has 0 fully saturated rings. The zero-order valence-electron chi connectivity index (χ0n) is 10.4. The molecule has 4 nitrogen and oxygen atoms in total. The van der Waals surface area contributed by atoms with E-state index in [0.717, 1.165) is 17.8 Å². The lowest BCUT2D eigenvalue weighted by Gasteiger charge is -2.36. The van der Waals surface area contributed by atoms with Gasteiger partial charge in [-0.3, -0.25) is 4.79 Å². The molecule has 92 valence electrons. The molecule has 1 aliphatic rings. The van der Waals surface area contributed by atoms with Gasteiger partial charge in [-0.05, 0) is 31.0 Å². The molecule has 1 amide bonds. The zero-order chi connectivity index (χ0) is 12.4. The first-order valence-corrected chi connectivity index (χ1v) is 6.04. The van der Waals surface area contributed by atoms with Crippen LogP contribution in [0.5, 0.6) is 0 Å². The van der Waals surface area contributed by atoms with E-state index >= 15 is 0 Å². The number of hydrogen-bond acceptors (Lipinski definition) is 3.